The van der Waals surface area contributed by atoms with Gasteiger partial charge in [-0.15, -0.1) is 0 Å². The van der Waals surface area contributed by atoms with Crippen LogP contribution >= 0.6 is 0 Å². The first kappa shape index (κ1) is 26.9. The van der Waals surface area contributed by atoms with E-state index in [1.807, 2.05) is 11.6 Å². The molecule has 2 aliphatic rings. The van der Waals surface area contributed by atoms with Crippen molar-refractivity contribution in [3.8, 4) is 0 Å². The maximum atomic E-state index is 5.13. The smallest absolute Gasteiger partial charge is 0.307 e. The molecule has 0 bridgehead atoms. The summed E-state index contributed by atoms with van der Waals surface area (Å²) in [5, 5.41) is 0. The zero-order chi connectivity index (χ0) is 23.8. The zero-order valence-corrected chi connectivity index (χ0v) is 23.6. The minimum atomic E-state index is 0. The molecular weight excluding hydrogens is 490 g/mol. The van der Waals surface area contributed by atoms with Gasteiger partial charge in [0.15, 0.2) is 18.5 Å². The lowest BCUT2D eigenvalue weighted by molar-refractivity contribution is -0.647. The van der Waals surface area contributed by atoms with Gasteiger partial charge in [-0.2, -0.15) is 4.98 Å². The number of fused-ring (bicyclic) bond motifs is 2. The average molecular weight is 533 g/mol. The van der Waals surface area contributed by atoms with Crippen LogP contribution in [0, 0.1) is 22.7 Å². The van der Waals surface area contributed by atoms with E-state index in [1.54, 1.807) is 19.0 Å². The molecule has 4 rings (SSSR count). The Morgan fingerprint density at radius 1 is 1.32 bits per heavy atom. The number of anilines is 1. The number of nitrogens with zero attached hydrogens (tertiary/aromatic N) is 4. The van der Waals surface area contributed by atoms with Crippen molar-refractivity contribution in [3.63, 3.8) is 0 Å². The van der Waals surface area contributed by atoms with E-state index in [0.717, 1.165) is 36.0 Å². The van der Waals surface area contributed by atoms with Crippen LogP contribution in [0.15, 0.2) is 36.0 Å². The first-order valence-electron chi connectivity index (χ1n) is 12.5. The Morgan fingerprint density at radius 2 is 2.09 bits per heavy atom. The summed E-state index contributed by atoms with van der Waals surface area (Å²) in [6, 6.07) is 0. The van der Waals surface area contributed by atoms with E-state index in [2.05, 4.69) is 73.1 Å². The highest BCUT2D eigenvalue weighted by atomic mass is 79.9. The number of rotatable bonds is 7. The molecule has 2 heterocycles. The van der Waals surface area contributed by atoms with Crippen LogP contribution in [0.3, 0.4) is 0 Å². The largest absolute Gasteiger partial charge is 1.00 e. The standard InChI is InChI=1S/C27H42N5O.BrH/c1-19(13-16-32-18-31(6)25-23(32)24(30-33-7)28-17-29-25)11-14-26(4)21(3)12-15-27(5)20(2)9-8-10-22(26)27;/h9,13,17-18,21-22H,8,10-12,14-16H2,1-7H3,(H,28,29,30);1H/q+1;/p-1/b19-13+;/t21-,22-,26+,27+;/m1./s1. The summed E-state index contributed by atoms with van der Waals surface area (Å²) in [5.74, 6) is 2.26. The van der Waals surface area contributed by atoms with Crippen molar-refractivity contribution in [2.45, 2.75) is 79.7 Å². The van der Waals surface area contributed by atoms with Crippen LogP contribution in [0.4, 0.5) is 5.82 Å². The summed E-state index contributed by atoms with van der Waals surface area (Å²) >= 11 is 0. The van der Waals surface area contributed by atoms with E-state index < -0.39 is 0 Å². The predicted molar refractivity (Wildman–Crippen MR) is 133 cm³/mol. The van der Waals surface area contributed by atoms with Crippen LogP contribution in [-0.2, 0) is 18.4 Å². The van der Waals surface area contributed by atoms with E-state index in [1.165, 1.54) is 37.7 Å². The minimum Gasteiger partial charge on any atom is -1.00 e. The molecule has 2 aromatic heterocycles. The van der Waals surface area contributed by atoms with Crippen molar-refractivity contribution in [2.24, 2.45) is 29.7 Å². The number of imidazole rings is 1. The number of hydrogen-bond acceptors (Lipinski definition) is 4. The van der Waals surface area contributed by atoms with E-state index >= 15 is 0 Å². The van der Waals surface area contributed by atoms with Crippen LogP contribution in [0.5, 0.6) is 0 Å². The van der Waals surface area contributed by atoms with Crippen LogP contribution in [0.1, 0.15) is 73.1 Å². The van der Waals surface area contributed by atoms with Gasteiger partial charge < -0.3 is 17.0 Å². The topological polar surface area (TPSA) is 55.9 Å². The Hall–Kier alpha value is -1.73. The van der Waals surface area contributed by atoms with Crippen molar-refractivity contribution < 1.29 is 26.4 Å². The third kappa shape index (κ3) is 4.70. The van der Waals surface area contributed by atoms with Crippen LogP contribution in [-0.4, -0.2) is 21.6 Å². The Bertz CT molecular complexity index is 1080. The number of allylic oxidation sites excluding steroid dienone is 4. The molecule has 1 saturated carbocycles. The van der Waals surface area contributed by atoms with Crippen molar-refractivity contribution in [1.82, 2.24) is 14.5 Å². The summed E-state index contributed by atoms with van der Waals surface area (Å²) in [5.41, 5.74) is 8.62. The van der Waals surface area contributed by atoms with Crippen LogP contribution in [0.25, 0.3) is 11.2 Å². The van der Waals surface area contributed by atoms with Crippen molar-refractivity contribution in [3.05, 3.63) is 36.0 Å². The Kier molecular flexibility index (Phi) is 8.29. The molecule has 0 aliphatic heterocycles. The molecule has 7 heteroatoms. The van der Waals surface area contributed by atoms with Gasteiger partial charge >= 0.3 is 5.65 Å². The Balaban J connectivity index is 0.00000324. The second-order valence-corrected chi connectivity index (χ2v) is 11.0. The van der Waals surface area contributed by atoms with Gasteiger partial charge in [0.1, 0.15) is 0 Å². The first-order valence-corrected chi connectivity index (χ1v) is 12.5. The highest BCUT2D eigenvalue weighted by molar-refractivity contribution is 5.80. The van der Waals surface area contributed by atoms with Gasteiger partial charge in [-0.25, -0.2) is 10.0 Å². The van der Waals surface area contributed by atoms with E-state index in [0.29, 0.717) is 16.6 Å². The maximum absolute atomic E-state index is 5.13. The molecule has 2 aliphatic carbocycles. The average Bonchev–Trinajstić information content (AvgIpc) is 3.12. The van der Waals surface area contributed by atoms with Gasteiger partial charge in [-0.3, -0.25) is 9.40 Å². The highest BCUT2D eigenvalue weighted by Gasteiger charge is 2.52. The molecule has 0 spiro atoms. The lowest BCUT2D eigenvalue weighted by Gasteiger charge is -2.58. The molecule has 0 aromatic carbocycles. The second kappa shape index (κ2) is 10.5. The van der Waals surface area contributed by atoms with E-state index in [9.17, 15) is 0 Å². The number of hydrogen-bond donors (Lipinski definition) is 1. The molecule has 4 atom stereocenters. The molecule has 6 nitrogen and oxygen atoms in total. The molecule has 188 valence electrons. The summed E-state index contributed by atoms with van der Waals surface area (Å²) in [4.78, 5) is 13.9. The SMILES string of the molecule is CONc1ncnc2c1n(C/C=C(\C)CC[C@@]1(C)[C@H](C)CC[C@@]3(C)C(C)=CCC[C@H]13)c[n+]2C.[Br-]. The third-order valence-electron chi connectivity index (χ3n) is 9.22. The fraction of sp³-hybridized carbons (Fsp3) is 0.667. The molecule has 0 radical (unpaired) electrons. The van der Waals surface area contributed by atoms with Gasteiger partial charge in [0, 0.05) is 0 Å². The number of aromatic nitrogens is 4. The number of aryl methyl sites for hydroxylation is 1. The summed E-state index contributed by atoms with van der Waals surface area (Å²) < 4.78 is 4.23. The summed E-state index contributed by atoms with van der Waals surface area (Å²) in [7, 11) is 3.62. The van der Waals surface area contributed by atoms with Gasteiger partial charge in [0.05, 0.1) is 20.7 Å². The van der Waals surface area contributed by atoms with Crippen LogP contribution in [0.2, 0.25) is 0 Å². The van der Waals surface area contributed by atoms with Crippen LogP contribution < -0.4 is 27.0 Å². The van der Waals surface area contributed by atoms with E-state index in [-0.39, 0.29) is 17.0 Å². The van der Waals surface area contributed by atoms with Crippen molar-refractivity contribution >= 4 is 17.0 Å². The van der Waals surface area contributed by atoms with E-state index in [4.69, 9.17) is 4.84 Å². The molecule has 0 saturated heterocycles. The molecule has 1 fully saturated rings. The number of halogens is 1. The lowest BCUT2D eigenvalue weighted by atomic mass is 9.47. The monoisotopic (exact) mass is 531 g/mol. The van der Waals surface area contributed by atoms with Crippen molar-refractivity contribution in [1.29, 1.82) is 0 Å². The van der Waals surface area contributed by atoms with Gasteiger partial charge in [-0.05, 0) is 75.0 Å². The molecular formula is C27H42BrN5O. The molecule has 2 aromatic rings. The normalized spacial score (nSPS) is 29.4. The highest BCUT2D eigenvalue weighted by Crippen LogP contribution is 2.61. The second-order valence-electron chi connectivity index (χ2n) is 11.0. The Labute approximate surface area is 215 Å². The zero-order valence-electron chi connectivity index (χ0n) is 22.0. The summed E-state index contributed by atoms with van der Waals surface area (Å²) in [6.45, 7) is 13.1. The van der Waals surface area contributed by atoms with Gasteiger partial charge in [-0.1, -0.05) is 49.1 Å². The molecule has 34 heavy (non-hydrogen) atoms. The fourth-order valence-electron chi connectivity index (χ4n) is 6.68. The lowest BCUT2D eigenvalue weighted by Crippen LogP contribution is -3.00. The fourth-order valence-corrected chi connectivity index (χ4v) is 6.68. The predicted octanol–water partition coefficient (Wildman–Crippen LogP) is 2.76. The van der Waals surface area contributed by atoms with Gasteiger partial charge in [0.2, 0.25) is 5.52 Å². The maximum Gasteiger partial charge on any atom is 0.307 e. The first-order chi connectivity index (χ1) is 15.7. The van der Waals surface area contributed by atoms with Crippen molar-refractivity contribution in [2.75, 3.05) is 12.6 Å². The third-order valence-corrected chi connectivity index (χ3v) is 9.22. The molecule has 0 unspecified atom stereocenters. The minimum absolute atomic E-state index is 0. The summed E-state index contributed by atoms with van der Waals surface area (Å²) in [6.07, 6.45) is 16.2. The van der Waals surface area contributed by atoms with Gasteiger partial charge in [0.25, 0.3) is 0 Å². The molecule has 0 amide bonds. The quantitative estimate of drug-likeness (QED) is 0.339. The Morgan fingerprint density at radius 3 is 2.82 bits per heavy atom. The number of nitrogens with one attached hydrogen (secondary N) is 1. The molecule has 1 N–H and O–H groups in total.